The van der Waals surface area contributed by atoms with Crippen LogP contribution >= 0.6 is 26.4 Å². The third-order valence-corrected chi connectivity index (χ3v) is 8.73. The number of hydrogen-bond donors (Lipinski definition) is 2. The number of anilines is 2. The Labute approximate surface area is 192 Å². The Kier molecular flexibility index (Phi) is 6.12. The Balaban J connectivity index is 1.69. The van der Waals surface area contributed by atoms with Gasteiger partial charge in [-0.2, -0.15) is 10.5 Å². The van der Waals surface area contributed by atoms with Crippen LogP contribution in [0.15, 0.2) is 47.7 Å². The number of aromatic nitrogens is 2. The van der Waals surface area contributed by atoms with Gasteiger partial charge in [-0.05, 0) is 61.9 Å². The van der Waals surface area contributed by atoms with E-state index in [1.54, 1.807) is 18.3 Å². The van der Waals surface area contributed by atoms with Crippen LogP contribution in [0.3, 0.4) is 0 Å². The fourth-order valence-corrected chi connectivity index (χ4v) is 5.23. The van der Waals surface area contributed by atoms with Gasteiger partial charge in [0.15, 0.2) is 5.82 Å². The molecular formula is C23H25BrFN5S. The number of benzene rings is 1. The van der Waals surface area contributed by atoms with E-state index in [1.165, 1.54) is 6.07 Å². The van der Waals surface area contributed by atoms with E-state index in [4.69, 9.17) is 5.73 Å². The number of nitrogens with two attached hydrogens (primary N) is 1. The highest BCUT2D eigenvalue weighted by atomic mass is 79.9. The molecule has 2 atom stereocenters. The van der Waals surface area contributed by atoms with Crippen LogP contribution in [0.25, 0.3) is 10.9 Å². The first kappa shape index (κ1) is 21.9. The molecule has 0 spiro atoms. The average molecular weight is 502 g/mol. The number of rotatable bonds is 4. The second kappa shape index (κ2) is 8.67. The quantitative estimate of drug-likeness (QED) is 0.355. The molecule has 0 saturated heterocycles. The summed E-state index contributed by atoms with van der Waals surface area (Å²) >= 11 is 3.46. The zero-order chi connectivity index (χ0) is 22.2. The first-order valence-electron chi connectivity index (χ1n) is 10.00. The summed E-state index contributed by atoms with van der Waals surface area (Å²) in [6, 6.07) is 8.62. The van der Waals surface area contributed by atoms with Crippen LogP contribution in [0.5, 0.6) is 0 Å². The zero-order valence-corrected chi connectivity index (χ0v) is 19.9. The lowest BCUT2D eigenvalue weighted by Gasteiger charge is -2.25. The van der Waals surface area contributed by atoms with E-state index in [1.807, 2.05) is 12.3 Å². The van der Waals surface area contributed by atoms with Crippen molar-refractivity contribution in [3.05, 3.63) is 59.7 Å². The molecule has 0 bridgehead atoms. The molecule has 0 amide bonds. The Morgan fingerprint density at radius 1 is 1.29 bits per heavy atom. The molecule has 3 aromatic rings. The van der Waals surface area contributed by atoms with Gasteiger partial charge in [-0.25, -0.2) is 9.37 Å². The number of amidine groups is 1. The van der Waals surface area contributed by atoms with Crippen LogP contribution in [-0.4, -0.2) is 32.2 Å². The maximum absolute atomic E-state index is 14.8. The van der Waals surface area contributed by atoms with Crippen molar-refractivity contribution >= 4 is 60.5 Å². The normalized spacial score (nSPS) is 20.8. The molecule has 4 rings (SSSR count). The lowest BCUT2D eigenvalue weighted by Crippen LogP contribution is -2.36. The van der Waals surface area contributed by atoms with Crippen LogP contribution in [0.4, 0.5) is 15.9 Å². The summed E-state index contributed by atoms with van der Waals surface area (Å²) in [5.41, 5.74) is 9.39. The third kappa shape index (κ3) is 4.36. The molecular weight excluding hydrogens is 477 g/mol. The van der Waals surface area contributed by atoms with Gasteiger partial charge in [0.1, 0.15) is 17.2 Å². The van der Waals surface area contributed by atoms with Crippen molar-refractivity contribution in [3.63, 3.8) is 0 Å². The van der Waals surface area contributed by atoms with Crippen molar-refractivity contribution in [2.24, 2.45) is 10.7 Å². The van der Waals surface area contributed by atoms with Gasteiger partial charge in [0.2, 0.25) is 0 Å². The van der Waals surface area contributed by atoms with Gasteiger partial charge in [0, 0.05) is 34.4 Å². The second-order valence-corrected chi connectivity index (χ2v) is 11.1. The lowest BCUT2D eigenvalue weighted by atomic mass is 10.0. The minimum absolute atomic E-state index is 0.170. The van der Waals surface area contributed by atoms with E-state index < -0.39 is 0 Å². The molecule has 2 aromatic heterocycles. The summed E-state index contributed by atoms with van der Waals surface area (Å²) in [6.45, 7) is 4.11. The highest BCUT2D eigenvalue weighted by Crippen LogP contribution is 2.39. The fourth-order valence-electron chi connectivity index (χ4n) is 3.55. The van der Waals surface area contributed by atoms with Gasteiger partial charge >= 0.3 is 0 Å². The average Bonchev–Trinajstić information content (AvgIpc) is 2.86. The Morgan fingerprint density at radius 2 is 2.10 bits per heavy atom. The monoisotopic (exact) mass is 501 g/mol. The van der Waals surface area contributed by atoms with Crippen LogP contribution in [-0.2, 0) is 5.33 Å². The zero-order valence-electron chi connectivity index (χ0n) is 17.5. The number of nitrogens with zero attached hydrogens (tertiary/aromatic N) is 3. The fraction of sp³-hybridized carbons (Fsp3) is 0.304. The molecule has 1 aliphatic rings. The van der Waals surface area contributed by atoms with Crippen molar-refractivity contribution in [3.8, 4) is 0 Å². The van der Waals surface area contributed by atoms with Gasteiger partial charge in [0.25, 0.3) is 0 Å². The predicted octanol–water partition coefficient (Wildman–Crippen LogP) is 5.69. The molecule has 8 heteroatoms. The van der Waals surface area contributed by atoms with Crippen molar-refractivity contribution in [2.45, 2.75) is 36.4 Å². The van der Waals surface area contributed by atoms with Crippen LogP contribution < -0.4 is 11.1 Å². The molecule has 1 aromatic carbocycles. The molecule has 0 saturated carbocycles. The molecule has 3 N–H and O–H groups in total. The van der Waals surface area contributed by atoms with E-state index in [2.05, 4.69) is 62.0 Å². The van der Waals surface area contributed by atoms with Gasteiger partial charge < -0.3 is 11.1 Å². The Morgan fingerprint density at radius 3 is 2.87 bits per heavy atom. The van der Waals surface area contributed by atoms with Gasteiger partial charge in [-0.15, -0.1) is 0 Å². The minimum Gasteiger partial charge on any atom is -0.386 e. The number of hydrogen-bond acceptors (Lipinski definition) is 5. The molecule has 162 valence electrons. The first-order chi connectivity index (χ1) is 14.8. The van der Waals surface area contributed by atoms with Crippen LogP contribution in [0, 0.1) is 5.82 Å². The standard InChI is InChI=1S/C23H25BrFN5S/c1-23(2)22(26)30-19(7-9-31(23)3)17-11-16(4-5-18(17)25)29-21-20-15(6-8-27-21)10-14(12-24)13-28-20/h4-6,8,10-11,13,19H,3,7,9,12H2,1-2H3,(H2,26,30)(H,27,29). The number of halogens is 2. The predicted molar refractivity (Wildman–Crippen MR) is 134 cm³/mol. The molecule has 0 radical (unpaired) electrons. The minimum atomic E-state index is -0.333. The summed E-state index contributed by atoms with van der Waals surface area (Å²) in [5.74, 6) is 5.99. The van der Waals surface area contributed by atoms with E-state index in [-0.39, 0.29) is 27.1 Å². The van der Waals surface area contributed by atoms with E-state index in [9.17, 15) is 4.39 Å². The SMILES string of the molecule is C=S1CCC(c2cc(Nc3nccc4cc(CBr)cnc34)ccc2F)N=C(N)C1(C)C. The van der Waals surface area contributed by atoms with Gasteiger partial charge in [0.05, 0.1) is 10.8 Å². The third-order valence-electron chi connectivity index (χ3n) is 5.70. The molecule has 5 nitrogen and oxygen atoms in total. The number of pyridine rings is 2. The number of alkyl halides is 1. The summed E-state index contributed by atoms with van der Waals surface area (Å²) in [4.78, 5) is 13.7. The maximum atomic E-state index is 14.8. The van der Waals surface area contributed by atoms with Gasteiger partial charge in [-0.3, -0.25) is 9.98 Å². The molecule has 0 aliphatic carbocycles. The summed E-state index contributed by atoms with van der Waals surface area (Å²) < 4.78 is 14.5. The van der Waals surface area contributed by atoms with Crippen LogP contribution in [0.1, 0.15) is 37.4 Å². The molecule has 1 aliphatic heterocycles. The smallest absolute Gasteiger partial charge is 0.156 e. The molecule has 31 heavy (non-hydrogen) atoms. The van der Waals surface area contributed by atoms with Crippen molar-refractivity contribution in [2.75, 3.05) is 11.1 Å². The number of aliphatic imine (C=N–C) groups is 1. The van der Waals surface area contributed by atoms with E-state index in [0.29, 0.717) is 23.6 Å². The summed E-state index contributed by atoms with van der Waals surface area (Å²) in [7, 11) is -0.170. The van der Waals surface area contributed by atoms with Gasteiger partial charge in [-0.1, -0.05) is 21.8 Å². The second-order valence-electron chi connectivity index (χ2n) is 8.10. The molecule has 2 unspecified atom stereocenters. The van der Waals surface area contributed by atoms with E-state index >= 15 is 0 Å². The number of fused-ring (bicyclic) bond motifs is 1. The van der Waals surface area contributed by atoms with Crippen molar-refractivity contribution < 1.29 is 4.39 Å². The van der Waals surface area contributed by atoms with Crippen LogP contribution in [0.2, 0.25) is 0 Å². The highest BCUT2D eigenvalue weighted by molar-refractivity contribution is 9.08. The summed E-state index contributed by atoms with van der Waals surface area (Å²) in [5, 5.41) is 5.02. The highest BCUT2D eigenvalue weighted by Gasteiger charge is 2.31. The Bertz CT molecular complexity index is 1190. The maximum Gasteiger partial charge on any atom is 0.156 e. The largest absolute Gasteiger partial charge is 0.386 e. The first-order valence-corrected chi connectivity index (χ1v) is 12.7. The van der Waals surface area contributed by atoms with E-state index in [0.717, 1.165) is 33.2 Å². The molecule has 3 heterocycles. The number of nitrogens with one attached hydrogen (secondary N) is 1. The Hall–Kier alpha value is -2.32. The summed E-state index contributed by atoms with van der Waals surface area (Å²) in [6.07, 6.45) is 4.27. The lowest BCUT2D eigenvalue weighted by molar-refractivity contribution is 0.578. The van der Waals surface area contributed by atoms with Crippen molar-refractivity contribution in [1.82, 2.24) is 9.97 Å². The topological polar surface area (TPSA) is 76.2 Å². The van der Waals surface area contributed by atoms with Crippen molar-refractivity contribution in [1.29, 1.82) is 0 Å². The molecule has 0 fully saturated rings.